The zero-order valence-corrected chi connectivity index (χ0v) is 13.4. The van der Waals surface area contributed by atoms with Gasteiger partial charge in [0.25, 0.3) is 0 Å². The SMILES string of the molecule is O=C1CCC(c2cccc(NCc3cc4ccncc4s3)c2)N1. The van der Waals surface area contributed by atoms with Gasteiger partial charge < -0.3 is 10.6 Å². The minimum atomic E-state index is 0.146. The summed E-state index contributed by atoms with van der Waals surface area (Å²) >= 11 is 1.76. The predicted molar refractivity (Wildman–Crippen MR) is 93.5 cm³/mol. The maximum atomic E-state index is 11.4. The zero-order chi connectivity index (χ0) is 15.6. The molecule has 0 bridgehead atoms. The second-order valence-electron chi connectivity index (χ2n) is 5.76. The van der Waals surface area contributed by atoms with Gasteiger partial charge in [-0.2, -0.15) is 0 Å². The van der Waals surface area contributed by atoms with E-state index in [0.29, 0.717) is 6.42 Å². The molecule has 0 saturated carbocycles. The van der Waals surface area contributed by atoms with Crippen LogP contribution in [0.2, 0.25) is 0 Å². The van der Waals surface area contributed by atoms with Crippen LogP contribution in [0.15, 0.2) is 48.8 Å². The fourth-order valence-electron chi connectivity index (χ4n) is 2.95. The number of hydrogen-bond donors (Lipinski definition) is 2. The molecular weight excluding hydrogens is 306 g/mol. The summed E-state index contributed by atoms with van der Waals surface area (Å²) in [5, 5.41) is 7.73. The van der Waals surface area contributed by atoms with E-state index >= 15 is 0 Å². The molecule has 0 spiro atoms. The second kappa shape index (κ2) is 6.01. The van der Waals surface area contributed by atoms with Crippen LogP contribution in [0.25, 0.3) is 10.1 Å². The van der Waals surface area contributed by atoms with Gasteiger partial charge in [-0.3, -0.25) is 9.78 Å². The molecule has 0 aliphatic carbocycles. The fraction of sp³-hybridized carbons (Fsp3) is 0.222. The summed E-state index contributed by atoms with van der Waals surface area (Å²) in [5.74, 6) is 0.146. The molecule has 0 radical (unpaired) electrons. The molecule has 3 heterocycles. The van der Waals surface area contributed by atoms with Crippen molar-refractivity contribution in [2.24, 2.45) is 0 Å². The molecule has 4 rings (SSSR count). The Morgan fingerprint density at radius 3 is 3.09 bits per heavy atom. The molecule has 1 aliphatic heterocycles. The van der Waals surface area contributed by atoms with Crippen molar-refractivity contribution in [1.29, 1.82) is 0 Å². The first-order valence-corrected chi connectivity index (χ1v) is 8.55. The number of hydrogen-bond acceptors (Lipinski definition) is 4. The summed E-state index contributed by atoms with van der Waals surface area (Å²) < 4.78 is 1.21. The molecule has 1 amide bonds. The third-order valence-corrected chi connectivity index (χ3v) is 5.21. The van der Waals surface area contributed by atoms with Gasteiger partial charge in [-0.05, 0) is 41.6 Å². The summed E-state index contributed by atoms with van der Waals surface area (Å²) in [7, 11) is 0. The Labute approximate surface area is 138 Å². The number of benzene rings is 1. The van der Waals surface area contributed by atoms with Crippen LogP contribution in [-0.4, -0.2) is 10.9 Å². The highest BCUT2D eigenvalue weighted by atomic mass is 32.1. The Hall–Kier alpha value is -2.40. The number of amides is 1. The number of carbonyl (C=O) groups excluding carboxylic acids is 1. The number of anilines is 1. The van der Waals surface area contributed by atoms with Crippen molar-refractivity contribution in [2.45, 2.75) is 25.4 Å². The Morgan fingerprint density at radius 1 is 1.30 bits per heavy atom. The van der Waals surface area contributed by atoms with Crippen molar-refractivity contribution >= 4 is 33.0 Å². The van der Waals surface area contributed by atoms with Crippen molar-refractivity contribution in [3.63, 3.8) is 0 Å². The van der Waals surface area contributed by atoms with Gasteiger partial charge in [0.15, 0.2) is 0 Å². The van der Waals surface area contributed by atoms with E-state index < -0.39 is 0 Å². The highest BCUT2D eigenvalue weighted by molar-refractivity contribution is 7.19. The van der Waals surface area contributed by atoms with Gasteiger partial charge in [0, 0.05) is 35.9 Å². The van der Waals surface area contributed by atoms with Gasteiger partial charge in [-0.15, -0.1) is 11.3 Å². The Balaban J connectivity index is 1.47. The number of nitrogens with one attached hydrogen (secondary N) is 2. The highest BCUT2D eigenvalue weighted by Crippen LogP contribution is 2.27. The van der Waals surface area contributed by atoms with Crippen LogP contribution in [0.1, 0.15) is 29.3 Å². The molecule has 1 unspecified atom stereocenters. The molecule has 1 atom stereocenters. The van der Waals surface area contributed by atoms with E-state index in [-0.39, 0.29) is 11.9 Å². The topological polar surface area (TPSA) is 54.0 Å². The molecule has 1 aromatic carbocycles. The molecule has 1 fully saturated rings. The third-order valence-electron chi connectivity index (χ3n) is 4.13. The number of fused-ring (bicyclic) bond motifs is 1. The van der Waals surface area contributed by atoms with Crippen LogP contribution in [-0.2, 0) is 11.3 Å². The maximum absolute atomic E-state index is 11.4. The number of carbonyl (C=O) groups is 1. The van der Waals surface area contributed by atoms with Gasteiger partial charge >= 0.3 is 0 Å². The monoisotopic (exact) mass is 323 g/mol. The van der Waals surface area contributed by atoms with Gasteiger partial charge in [0.2, 0.25) is 5.91 Å². The predicted octanol–water partition coefficient (Wildman–Crippen LogP) is 3.86. The van der Waals surface area contributed by atoms with E-state index in [0.717, 1.165) is 18.7 Å². The van der Waals surface area contributed by atoms with Crippen LogP contribution < -0.4 is 10.6 Å². The van der Waals surface area contributed by atoms with Crippen molar-refractivity contribution in [2.75, 3.05) is 5.32 Å². The number of nitrogens with zero attached hydrogens (tertiary/aromatic N) is 1. The standard InChI is InChI=1S/C18H17N3OS/c22-18-5-4-16(21-18)12-2-1-3-14(8-12)20-10-15-9-13-6-7-19-11-17(13)23-15/h1-3,6-9,11,16,20H,4-5,10H2,(H,21,22). The smallest absolute Gasteiger partial charge is 0.220 e. The van der Waals surface area contributed by atoms with Crippen LogP contribution in [0.5, 0.6) is 0 Å². The van der Waals surface area contributed by atoms with Crippen LogP contribution in [0.3, 0.4) is 0 Å². The summed E-state index contributed by atoms with van der Waals surface area (Å²) in [5.41, 5.74) is 2.25. The fourth-order valence-corrected chi connectivity index (χ4v) is 3.92. The lowest BCUT2D eigenvalue weighted by Crippen LogP contribution is -2.18. The molecule has 1 saturated heterocycles. The molecule has 2 aromatic heterocycles. The Bertz CT molecular complexity index is 825. The molecule has 2 N–H and O–H groups in total. The van der Waals surface area contributed by atoms with Crippen LogP contribution in [0.4, 0.5) is 5.69 Å². The van der Waals surface area contributed by atoms with Gasteiger partial charge in [0.05, 0.1) is 10.7 Å². The maximum Gasteiger partial charge on any atom is 0.220 e. The lowest BCUT2D eigenvalue weighted by Gasteiger charge is -2.12. The summed E-state index contributed by atoms with van der Waals surface area (Å²) in [4.78, 5) is 16.8. The zero-order valence-electron chi connectivity index (χ0n) is 12.6. The number of pyridine rings is 1. The summed E-state index contributed by atoms with van der Waals surface area (Å²) in [6, 6.07) is 12.7. The molecular formula is C18H17N3OS. The van der Waals surface area contributed by atoms with E-state index in [9.17, 15) is 4.79 Å². The molecule has 1 aliphatic rings. The first kappa shape index (κ1) is 14.2. The largest absolute Gasteiger partial charge is 0.380 e. The summed E-state index contributed by atoms with van der Waals surface area (Å²) in [6.07, 6.45) is 5.24. The van der Waals surface area contributed by atoms with E-state index in [1.807, 2.05) is 24.5 Å². The minimum absolute atomic E-state index is 0.146. The molecule has 3 aromatic rings. The summed E-state index contributed by atoms with van der Waals surface area (Å²) in [6.45, 7) is 0.791. The van der Waals surface area contributed by atoms with E-state index in [2.05, 4.69) is 39.9 Å². The van der Waals surface area contributed by atoms with Crippen molar-refractivity contribution in [3.8, 4) is 0 Å². The van der Waals surface area contributed by atoms with Gasteiger partial charge in [-0.1, -0.05) is 12.1 Å². The normalized spacial score (nSPS) is 17.4. The molecule has 23 heavy (non-hydrogen) atoms. The first-order valence-electron chi connectivity index (χ1n) is 7.73. The lowest BCUT2D eigenvalue weighted by atomic mass is 10.0. The van der Waals surface area contributed by atoms with Crippen molar-refractivity contribution < 1.29 is 4.79 Å². The van der Waals surface area contributed by atoms with Gasteiger partial charge in [0.1, 0.15) is 0 Å². The number of thiophene rings is 1. The molecule has 5 heteroatoms. The molecule has 116 valence electrons. The Kier molecular flexibility index (Phi) is 3.71. The van der Waals surface area contributed by atoms with Crippen molar-refractivity contribution in [3.05, 3.63) is 59.2 Å². The second-order valence-corrected chi connectivity index (χ2v) is 6.93. The highest BCUT2D eigenvalue weighted by Gasteiger charge is 2.22. The Morgan fingerprint density at radius 2 is 2.26 bits per heavy atom. The minimum Gasteiger partial charge on any atom is -0.380 e. The van der Waals surface area contributed by atoms with Crippen molar-refractivity contribution in [1.82, 2.24) is 10.3 Å². The first-order chi connectivity index (χ1) is 11.3. The van der Waals surface area contributed by atoms with Crippen LogP contribution in [0, 0.1) is 0 Å². The molecule has 4 nitrogen and oxygen atoms in total. The van der Waals surface area contributed by atoms with E-state index in [1.54, 1.807) is 11.3 Å². The number of rotatable bonds is 4. The van der Waals surface area contributed by atoms with E-state index in [4.69, 9.17) is 0 Å². The number of aromatic nitrogens is 1. The lowest BCUT2D eigenvalue weighted by molar-refractivity contribution is -0.119. The van der Waals surface area contributed by atoms with Crippen LogP contribution >= 0.6 is 11.3 Å². The quantitative estimate of drug-likeness (QED) is 0.766. The third kappa shape index (κ3) is 3.05. The average molecular weight is 323 g/mol. The average Bonchev–Trinajstić information content (AvgIpc) is 3.19. The van der Waals surface area contributed by atoms with Gasteiger partial charge in [-0.25, -0.2) is 0 Å². The van der Waals surface area contributed by atoms with E-state index in [1.165, 1.54) is 20.5 Å².